The molecule has 1 aliphatic carbocycles. The van der Waals surface area contributed by atoms with Crippen molar-refractivity contribution in [2.75, 3.05) is 12.3 Å². The molecular weight excluding hydrogens is 246 g/mol. The molecule has 0 unspecified atom stereocenters. The Labute approximate surface area is 113 Å². The zero-order valence-corrected chi connectivity index (χ0v) is 11.7. The van der Waals surface area contributed by atoms with Crippen LogP contribution >= 0.6 is 11.8 Å². The highest BCUT2D eigenvalue weighted by molar-refractivity contribution is 7.99. The first-order valence-corrected chi connectivity index (χ1v) is 7.61. The highest BCUT2D eigenvalue weighted by Gasteiger charge is 2.14. The van der Waals surface area contributed by atoms with Crippen LogP contribution < -0.4 is 5.32 Å². The van der Waals surface area contributed by atoms with Gasteiger partial charge < -0.3 is 9.88 Å². The third-order valence-electron chi connectivity index (χ3n) is 3.42. The second-order valence-corrected chi connectivity index (χ2v) is 5.86. The van der Waals surface area contributed by atoms with Crippen LogP contribution in [0.4, 0.5) is 0 Å². The summed E-state index contributed by atoms with van der Waals surface area (Å²) in [7, 11) is 1.94. The fourth-order valence-electron chi connectivity index (χ4n) is 2.32. The smallest absolute Gasteiger partial charge is 0.230 e. The summed E-state index contributed by atoms with van der Waals surface area (Å²) < 4.78 is 1.93. The number of rotatable bonds is 5. The van der Waals surface area contributed by atoms with E-state index in [2.05, 4.69) is 10.3 Å². The number of aromatic nitrogens is 2. The van der Waals surface area contributed by atoms with Crippen molar-refractivity contribution in [2.24, 2.45) is 13.0 Å². The Morgan fingerprint density at radius 3 is 2.94 bits per heavy atom. The molecule has 4 nitrogen and oxygen atoms in total. The molecule has 1 amide bonds. The summed E-state index contributed by atoms with van der Waals surface area (Å²) in [5, 5.41) is 3.93. The van der Waals surface area contributed by atoms with Gasteiger partial charge in [-0.2, -0.15) is 0 Å². The predicted molar refractivity (Wildman–Crippen MR) is 73.5 cm³/mol. The Morgan fingerprint density at radius 2 is 2.28 bits per heavy atom. The molecule has 1 N–H and O–H groups in total. The number of imidazole rings is 1. The van der Waals surface area contributed by atoms with Gasteiger partial charge in [-0.05, 0) is 18.8 Å². The van der Waals surface area contributed by atoms with E-state index in [0.29, 0.717) is 11.7 Å². The molecule has 100 valence electrons. The van der Waals surface area contributed by atoms with Gasteiger partial charge in [0.2, 0.25) is 5.91 Å². The van der Waals surface area contributed by atoms with Crippen molar-refractivity contribution >= 4 is 17.7 Å². The van der Waals surface area contributed by atoms with Gasteiger partial charge in [0.1, 0.15) is 0 Å². The van der Waals surface area contributed by atoms with Crippen LogP contribution in [0, 0.1) is 5.92 Å². The number of nitrogens with zero attached hydrogens (tertiary/aromatic N) is 2. The second kappa shape index (κ2) is 6.83. The lowest BCUT2D eigenvalue weighted by Gasteiger charge is -2.21. The second-order valence-electron chi connectivity index (χ2n) is 4.92. The summed E-state index contributed by atoms with van der Waals surface area (Å²) in [6.45, 7) is 0.847. The van der Waals surface area contributed by atoms with E-state index < -0.39 is 0 Å². The lowest BCUT2D eigenvalue weighted by molar-refractivity contribution is -0.118. The Morgan fingerprint density at radius 1 is 1.50 bits per heavy atom. The van der Waals surface area contributed by atoms with Crippen LogP contribution in [0.15, 0.2) is 17.6 Å². The minimum absolute atomic E-state index is 0.119. The molecule has 18 heavy (non-hydrogen) atoms. The summed E-state index contributed by atoms with van der Waals surface area (Å²) in [5.41, 5.74) is 0. The predicted octanol–water partition coefficient (Wildman–Crippen LogP) is 2.21. The monoisotopic (exact) mass is 267 g/mol. The number of thioether (sulfide) groups is 1. The molecule has 1 aliphatic rings. The van der Waals surface area contributed by atoms with E-state index in [1.165, 1.54) is 43.9 Å². The van der Waals surface area contributed by atoms with E-state index in [-0.39, 0.29) is 5.91 Å². The maximum Gasteiger partial charge on any atom is 0.230 e. The maximum absolute atomic E-state index is 11.7. The third-order valence-corrected chi connectivity index (χ3v) is 4.48. The lowest BCUT2D eigenvalue weighted by atomic mass is 9.89. The van der Waals surface area contributed by atoms with Gasteiger partial charge in [-0.25, -0.2) is 4.98 Å². The van der Waals surface area contributed by atoms with Crippen LogP contribution in [0.1, 0.15) is 32.1 Å². The van der Waals surface area contributed by atoms with Crippen molar-refractivity contribution in [1.29, 1.82) is 0 Å². The standard InChI is InChI=1S/C13H21N3OS/c1-16-8-7-14-13(16)18-10-12(17)15-9-11-5-3-2-4-6-11/h7-8,11H,2-6,9-10H2,1H3,(H,15,17). The number of carbonyl (C=O) groups is 1. The van der Waals surface area contributed by atoms with Crippen molar-refractivity contribution < 1.29 is 4.79 Å². The molecule has 0 radical (unpaired) electrons. The molecule has 5 heteroatoms. The number of aryl methyl sites for hydroxylation is 1. The van der Waals surface area contributed by atoms with Crippen LogP contribution in [0.3, 0.4) is 0 Å². The van der Waals surface area contributed by atoms with Gasteiger partial charge in [0, 0.05) is 26.0 Å². The number of nitrogens with one attached hydrogen (secondary N) is 1. The Balaban J connectivity index is 1.64. The van der Waals surface area contributed by atoms with Gasteiger partial charge >= 0.3 is 0 Å². The normalized spacial score (nSPS) is 16.7. The van der Waals surface area contributed by atoms with Crippen molar-refractivity contribution in [2.45, 2.75) is 37.3 Å². The number of carbonyl (C=O) groups excluding carboxylic acids is 1. The van der Waals surface area contributed by atoms with Gasteiger partial charge in [0.25, 0.3) is 0 Å². The van der Waals surface area contributed by atoms with Gasteiger partial charge in [-0.1, -0.05) is 31.0 Å². The van der Waals surface area contributed by atoms with Crippen molar-refractivity contribution in [3.63, 3.8) is 0 Å². The molecule has 0 bridgehead atoms. The lowest BCUT2D eigenvalue weighted by Crippen LogP contribution is -2.31. The van der Waals surface area contributed by atoms with Gasteiger partial charge in [-0.3, -0.25) is 4.79 Å². The van der Waals surface area contributed by atoms with E-state index >= 15 is 0 Å². The third kappa shape index (κ3) is 4.05. The van der Waals surface area contributed by atoms with E-state index in [9.17, 15) is 4.79 Å². The SMILES string of the molecule is Cn1ccnc1SCC(=O)NCC1CCCCC1. The highest BCUT2D eigenvalue weighted by Crippen LogP contribution is 2.22. The maximum atomic E-state index is 11.7. The summed E-state index contributed by atoms with van der Waals surface area (Å²) in [4.78, 5) is 15.9. The van der Waals surface area contributed by atoms with E-state index in [4.69, 9.17) is 0 Å². The van der Waals surface area contributed by atoms with Crippen molar-refractivity contribution in [3.8, 4) is 0 Å². The van der Waals surface area contributed by atoms with Crippen LogP contribution in [-0.4, -0.2) is 27.8 Å². The molecule has 0 aliphatic heterocycles. The van der Waals surface area contributed by atoms with Crippen LogP contribution in [0.5, 0.6) is 0 Å². The highest BCUT2D eigenvalue weighted by atomic mass is 32.2. The minimum Gasteiger partial charge on any atom is -0.355 e. The molecule has 1 heterocycles. The van der Waals surface area contributed by atoms with Crippen LogP contribution in [0.2, 0.25) is 0 Å². The van der Waals surface area contributed by atoms with Crippen LogP contribution in [-0.2, 0) is 11.8 Å². The van der Waals surface area contributed by atoms with Crippen LogP contribution in [0.25, 0.3) is 0 Å². The molecule has 1 fully saturated rings. The summed E-state index contributed by atoms with van der Waals surface area (Å²) >= 11 is 1.49. The molecule has 1 saturated carbocycles. The molecule has 0 aromatic carbocycles. The minimum atomic E-state index is 0.119. The molecule has 1 aromatic heterocycles. The average Bonchev–Trinajstić information content (AvgIpc) is 2.81. The van der Waals surface area contributed by atoms with Gasteiger partial charge in [-0.15, -0.1) is 0 Å². The van der Waals surface area contributed by atoms with Crippen molar-refractivity contribution in [3.05, 3.63) is 12.4 Å². The summed E-state index contributed by atoms with van der Waals surface area (Å²) in [5.74, 6) is 1.27. The topological polar surface area (TPSA) is 46.9 Å². The van der Waals surface area contributed by atoms with E-state index in [0.717, 1.165) is 11.7 Å². The number of amides is 1. The molecule has 0 spiro atoms. The Bertz CT molecular complexity index is 385. The first-order valence-electron chi connectivity index (χ1n) is 6.62. The zero-order valence-electron chi connectivity index (χ0n) is 10.9. The van der Waals surface area contributed by atoms with Gasteiger partial charge in [0.05, 0.1) is 5.75 Å². The molecule has 2 rings (SSSR count). The summed E-state index contributed by atoms with van der Waals surface area (Å²) in [6.07, 6.45) is 10.2. The Hall–Kier alpha value is -0.970. The largest absolute Gasteiger partial charge is 0.355 e. The van der Waals surface area contributed by atoms with E-state index in [1.807, 2.05) is 17.8 Å². The first kappa shape index (κ1) is 13.5. The number of hydrogen-bond donors (Lipinski definition) is 1. The fourth-order valence-corrected chi connectivity index (χ4v) is 3.08. The average molecular weight is 267 g/mol. The van der Waals surface area contributed by atoms with E-state index in [1.54, 1.807) is 6.20 Å². The molecule has 1 aromatic rings. The zero-order chi connectivity index (χ0) is 12.8. The van der Waals surface area contributed by atoms with Crippen molar-refractivity contribution in [1.82, 2.24) is 14.9 Å². The molecule has 0 atom stereocenters. The first-order chi connectivity index (χ1) is 8.75. The summed E-state index contributed by atoms with van der Waals surface area (Å²) in [6, 6.07) is 0. The van der Waals surface area contributed by atoms with Gasteiger partial charge in [0.15, 0.2) is 5.16 Å². The fraction of sp³-hybridized carbons (Fsp3) is 0.692. The molecular formula is C13H21N3OS. The quantitative estimate of drug-likeness (QED) is 0.832. The number of hydrogen-bond acceptors (Lipinski definition) is 3. The molecule has 0 saturated heterocycles. The Kier molecular flexibility index (Phi) is 5.11.